The van der Waals surface area contributed by atoms with Crippen molar-refractivity contribution >= 4 is 39.0 Å². The van der Waals surface area contributed by atoms with Gasteiger partial charge in [0.2, 0.25) is 0 Å². The van der Waals surface area contributed by atoms with Gasteiger partial charge in [0, 0.05) is 22.0 Å². The van der Waals surface area contributed by atoms with Crippen molar-refractivity contribution in [2.24, 2.45) is 0 Å². The number of hydrogen-bond acceptors (Lipinski definition) is 2. The Bertz CT molecular complexity index is 2950. The predicted molar refractivity (Wildman–Crippen MR) is 236 cm³/mol. The first-order chi connectivity index (χ1) is 27.8. The fraction of sp³-hybridized carbons (Fsp3) is 0. The second kappa shape index (κ2) is 14.4. The molecule has 2 heteroatoms. The van der Waals surface area contributed by atoms with Crippen LogP contribution in [0.25, 0.3) is 77.6 Å². The lowest BCUT2D eigenvalue weighted by atomic mass is 9.84. The van der Waals surface area contributed by atoms with Gasteiger partial charge in [-0.2, -0.15) is 0 Å². The summed E-state index contributed by atoms with van der Waals surface area (Å²) in [6.45, 7) is 0. The summed E-state index contributed by atoms with van der Waals surface area (Å²) in [6.07, 6.45) is 0. The van der Waals surface area contributed by atoms with Gasteiger partial charge in [-0.1, -0.05) is 194 Å². The minimum Gasteiger partial charge on any atom is -0.454 e. The summed E-state index contributed by atoms with van der Waals surface area (Å²) < 4.78 is 6.74. The number of furan rings is 1. The van der Waals surface area contributed by atoms with Crippen molar-refractivity contribution in [2.45, 2.75) is 0 Å². The molecule has 0 atom stereocenters. The maximum atomic E-state index is 6.74. The van der Waals surface area contributed by atoms with Crippen LogP contribution in [0.2, 0.25) is 0 Å². The van der Waals surface area contributed by atoms with Gasteiger partial charge in [0.15, 0.2) is 5.58 Å². The van der Waals surface area contributed by atoms with Gasteiger partial charge in [-0.15, -0.1) is 0 Å². The Hall–Kier alpha value is -7.42. The topological polar surface area (TPSA) is 16.4 Å². The number of rotatable bonds is 8. The van der Waals surface area contributed by atoms with Crippen LogP contribution < -0.4 is 4.90 Å². The lowest BCUT2D eigenvalue weighted by Crippen LogP contribution is -2.11. The minimum atomic E-state index is 0.850. The van der Waals surface area contributed by atoms with Crippen LogP contribution in [0.4, 0.5) is 17.1 Å². The Morgan fingerprint density at radius 2 is 0.768 bits per heavy atom. The van der Waals surface area contributed by atoms with Gasteiger partial charge in [-0.05, 0) is 80.4 Å². The lowest BCUT2D eigenvalue weighted by molar-refractivity contribution is 0.669. The van der Waals surface area contributed by atoms with E-state index in [-0.39, 0.29) is 0 Å². The fourth-order valence-electron chi connectivity index (χ4n) is 8.14. The van der Waals surface area contributed by atoms with Gasteiger partial charge in [0.25, 0.3) is 0 Å². The van der Waals surface area contributed by atoms with Gasteiger partial charge >= 0.3 is 0 Å². The van der Waals surface area contributed by atoms with Crippen molar-refractivity contribution in [1.29, 1.82) is 0 Å². The molecule has 1 aromatic heterocycles. The van der Waals surface area contributed by atoms with Crippen LogP contribution in [0.5, 0.6) is 0 Å². The summed E-state index contributed by atoms with van der Waals surface area (Å²) in [7, 11) is 0. The monoisotopic (exact) mass is 715 g/mol. The molecule has 0 bridgehead atoms. The largest absolute Gasteiger partial charge is 0.454 e. The smallest absolute Gasteiger partial charge is 0.159 e. The van der Waals surface area contributed by atoms with Crippen molar-refractivity contribution < 1.29 is 4.42 Å². The Labute approximate surface area is 327 Å². The molecule has 0 spiro atoms. The molecule has 10 aromatic rings. The molecule has 264 valence electrons. The average molecular weight is 716 g/mol. The van der Waals surface area contributed by atoms with Crippen molar-refractivity contribution in [3.63, 3.8) is 0 Å². The van der Waals surface area contributed by atoms with E-state index >= 15 is 0 Å². The standard InChI is InChI=1S/C54H37NO/c1-4-18-38(19-5-1)39-34-36-42(37-35-39)55(51-32-17-30-49-46-26-13-15-33-52(46)56-54(49)51)50-31-14-12-25-45(50)48-29-16-28-44(41-22-8-3-9-23-41)53(48)47-27-11-10-24-43(47)40-20-6-2-7-21-40/h1-37H. The third kappa shape index (κ3) is 5.95. The van der Waals surface area contributed by atoms with Crippen molar-refractivity contribution in [1.82, 2.24) is 0 Å². The first-order valence-electron chi connectivity index (χ1n) is 19.1. The van der Waals surface area contributed by atoms with E-state index in [0.29, 0.717) is 0 Å². The Morgan fingerprint density at radius 1 is 0.286 bits per heavy atom. The predicted octanol–water partition coefficient (Wildman–Crippen LogP) is 15.4. The van der Waals surface area contributed by atoms with Crippen LogP contribution in [0, 0.1) is 0 Å². The van der Waals surface area contributed by atoms with Crippen LogP contribution >= 0.6 is 0 Å². The molecule has 0 saturated heterocycles. The molecule has 0 N–H and O–H groups in total. The fourth-order valence-corrected chi connectivity index (χ4v) is 8.14. The summed E-state index contributed by atoms with van der Waals surface area (Å²) in [5.74, 6) is 0. The third-order valence-corrected chi connectivity index (χ3v) is 10.7. The zero-order valence-corrected chi connectivity index (χ0v) is 30.7. The summed E-state index contributed by atoms with van der Waals surface area (Å²) in [6, 6.07) is 80.0. The molecule has 0 aliphatic carbocycles. The Kier molecular flexibility index (Phi) is 8.55. The molecular formula is C54H37NO. The van der Waals surface area contributed by atoms with E-state index in [1.165, 1.54) is 44.5 Å². The first-order valence-corrected chi connectivity index (χ1v) is 19.1. The van der Waals surface area contributed by atoms with Gasteiger partial charge < -0.3 is 9.32 Å². The maximum absolute atomic E-state index is 6.74. The number of nitrogens with zero attached hydrogens (tertiary/aromatic N) is 1. The molecule has 9 aromatic carbocycles. The van der Waals surface area contributed by atoms with E-state index in [1.807, 2.05) is 6.07 Å². The van der Waals surface area contributed by atoms with Gasteiger partial charge in [0.1, 0.15) is 5.58 Å². The SMILES string of the molecule is c1ccc(-c2ccc(N(c3ccccc3-c3cccc(-c4ccccc4)c3-c3ccccc3-c3ccccc3)c3cccc4c3oc3ccccc34)cc2)cc1. The van der Waals surface area contributed by atoms with Gasteiger partial charge in [-0.25, -0.2) is 0 Å². The quantitative estimate of drug-likeness (QED) is 0.156. The molecule has 56 heavy (non-hydrogen) atoms. The third-order valence-electron chi connectivity index (χ3n) is 10.7. The lowest BCUT2D eigenvalue weighted by Gasteiger charge is -2.29. The summed E-state index contributed by atoms with van der Waals surface area (Å²) in [5, 5.41) is 2.19. The molecule has 0 saturated carbocycles. The molecule has 0 aliphatic rings. The number of benzene rings is 9. The highest BCUT2D eigenvalue weighted by Gasteiger charge is 2.25. The summed E-state index contributed by atoms with van der Waals surface area (Å²) >= 11 is 0. The van der Waals surface area contributed by atoms with Crippen molar-refractivity contribution in [3.05, 3.63) is 224 Å². The van der Waals surface area contributed by atoms with E-state index < -0.39 is 0 Å². The summed E-state index contributed by atoms with van der Waals surface area (Å²) in [5.41, 5.74) is 16.5. The van der Waals surface area contributed by atoms with Crippen LogP contribution in [0.15, 0.2) is 229 Å². The van der Waals surface area contributed by atoms with Crippen LogP contribution in [0.3, 0.4) is 0 Å². The summed E-state index contributed by atoms with van der Waals surface area (Å²) in [4.78, 5) is 2.37. The number of anilines is 3. The molecule has 10 rings (SSSR count). The Balaban J connectivity index is 1.25. The van der Waals surface area contributed by atoms with Gasteiger partial charge in [0.05, 0.1) is 11.4 Å². The van der Waals surface area contributed by atoms with E-state index in [9.17, 15) is 0 Å². The van der Waals surface area contributed by atoms with Crippen molar-refractivity contribution in [3.8, 4) is 55.6 Å². The highest BCUT2D eigenvalue weighted by molar-refractivity contribution is 6.11. The molecule has 0 fully saturated rings. The van der Waals surface area contributed by atoms with Crippen LogP contribution in [-0.4, -0.2) is 0 Å². The molecule has 0 aliphatic heterocycles. The highest BCUT2D eigenvalue weighted by atomic mass is 16.3. The maximum Gasteiger partial charge on any atom is 0.159 e. The average Bonchev–Trinajstić information content (AvgIpc) is 3.67. The zero-order chi connectivity index (χ0) is 37.3. The minimum absolute atomic E-state index is 0.850. The van der Waals surface area contributed by atoms with Crippen LogP contribution in [-0.2, 0) is 0 Å². The Morgan fingerprint density at radius 3 is 1.50 bits per heavy atom. The van der Waals surface area contributed by atoms with E-state index in [0.717, 1.165) is 50.1 Å². The van der Waals surface area contributed by atoms with E-state index in [2.05, 4.69) is 223 Å². The molecule has 2 nitrogen and oxygen atoms in total. The van der Waals surface area contributed by atoms with E-state index in [1.54, 1.807) is 0 Å². The zero-order valence-electron chi connectivity index (χ0n) is 30.7. The second-order valence-corrected chi connectivity index (χ2v) is 14.0. The van der Waals surface area contributed by atoms with E-state index in [4.69, 9.17) is 4.42 Å². The molecular weight excluding hydrogens is 679 g/mol. The number of para-hydroxylation sites is 3. The molecule has 1 heterocycles. The normalized spacial score (nSPS) is 11.2. The second-order valence-electron chi connectivity index (χ2n) is 14.0. The first kappa shape index (κ1) is 33.2. The highest BCUT2D eigenvalue weighted by Crippen LogP contribution is 2.50. The number of fused-ring (bicyclic) bond motifs is 3. The number of hydrogen-bond donors (Lipinski definition) is 0. The van der Waals surface area contributed by atoms with Gasteiger partial charge in [-0.3, -0.25) is 0 Å². The van der Waals surface area contributed by atoms with Crippen LogP contribution in [0.1, 0.15) is 0 Å². The molecule has 0 radical (unpaired) electrons. The van der Waals surface area contributed by atoms with Crippen molar-refractivity contribution in [2.75, 3.05) is 4.90 Å². The molecule has 0 unspecified atom stereocenters. The molecule has 0 amide bonds.